The Morgan fingerprint density at radius 2 is 1.92 bits per heavy atom. The standard InChI is InChI=1S/C10H19NO/c1-8(12)11-10(5-6-10)7-9(2,3)4/h5-7H2,1-4H3,(H,11,12). The van der Waals surface area contributed by atoms with Crippen molar-refractivity contribution in [1.29, 1.82) is 0 Å². The molecule has 0 aliphatic heterocycles. The average Bonchev–Trinajstić information content (AvgIpc) is 2.40. The van der Waals surface area contributed by atoms with Crippen molar-refractivity contribution in [2.45, 2.75) is 52.5 Å². The van der Waals surface area contributed by atoms with Crippen LogP contribution in [0.15, 0.2) is 0 Å². The number of hydrogen-bond acceptors (Lipinski definition) is 1. The molecule has 70 valence electrons. The Hall–Kier alpha value is -0.530. The molecule has 12 heavy (non-hydrogen) atoms. The van der Waals surface area contributed by atoms with E-state index in [-0.39, 0.29) is 11.4 Å². The summed E-state index contributed by atoms with van der Waals surface area (Å²) in [6.45, 7) is 8.25. The quantitative estimate of drug-likeness (QED) is 0.673. The third-order valence-electron chi connectivity index (χ3n) is 2.16. The van der Waals surface area contributed by atoms with Crippen LogP contribution in [0.1, 0.15) is 47.0 Å². The molecule has 2 heteroatoms. The van der Waals surface area contributed by atoms with Crippen LogP contribution in [0.4, 0.5) is 0 Å². The molecule has 0 aromatic heterocycles. The number of rotatable bonds is 2. The van der Waals surface area contributed by atoms with Crippen molar-refractivity contribution in [2.75, 3.05) is 0 Å². The minimum Gasteiger partial charge on any atom is -0.351 e. The van der Waals surface area contributed by atoms with Gasteiger partial charge in [-0.3, -0.25) is 4.79 Å². The van der Waals surface area contributed by atoms with Gasteiger partial charge in [0.15, 0.2) is 0 Å². The highest BCUT2D eigenvalue weighted by Crippen LogP contribution is 2.44. The first-order chi connectivity index (χ1) is 5.33. The molecule has 1 rings (SSSR count). The molecule has 0 aromatic carbocycles. The Labute approximate surface area is 74.7 Å². The summed E-state index contributed by atoms with van der Waals surface area (Å²) >= 11 is 0. The van der Waals surface area contributed by atoms with Crippen molar-refractivity contribution in [3.8, 4) is 0 Å². The fourth-order valence-electron chi connectivity index (χ4n) is 1.89. The number of nitrogens with one attached hydrogen (secondary N) is 1. The number of carbonyl (C=O) groups is 1. The number of amides is 1. The van der Waals surface area contributed by atoms with Crippen molar-refractivity contribution in [3.63, 3.8) is 0 Å². The second-order valence-electron chi connectivity index (χ2n) is 5.20. The largest absolute Gasteiger partial charge is 0.351 e. The van der Waals surface area contributed by atoms with Crippen molar-refractivity contribution < 1.29 is 4.79 Å². The third kappa shape index (κ3) is 2.84. The molecular weight excluding hydrogens is 150 g/mol. The summed E-state index contributed by atoms with van der Waals surface area (Å²) < 4.78 is 0. The molecule has 0 aromatic rings. The number of hydrogen-bond donors (Lipinski definition) is 1. The maximum atomic E-state index is 10.9. The molecule has 0 saturated heterocycles. The van der Waals surface area contributed by atoms with Gasteiger partial charge in [0.2, 0.25) is 5.91 Å². The van der Waals surface area contributed by atoms with Crippen LogP contribution >= 0.6 is 0 Å². The van der Waals surface area contributed by atoms with Crippen LogP contribution in [0.2, 0.25) is 0 Å². The van der Waals surface area contributed by atoms with Crippen LogP contribution in [-0.2, 0) is 4.79 Å². The van der Waals surface area contributed by atoms with E-state index in [1.54, 1.807) is 6.92 Å². The molecule has 0 bridgehead atoms. The summed E-state index contributed by atoms with van der Waals surface area (Å²) in [7, 11) is 0. The Morgan fingerprint density at radius 1 is 1.42 bits per heavy atom. The van der Waals surface area contributed by atoms with Crippen molar-refractivity contribution in [3.05, 3.63) is 0 Å². The lowest BCUT2D eigenvalue weighted by Gasteiger charge is -2.26. The molecular formula is C10H19NO. The molecule has 0 radical (unpaired) electrons. The lowest BCUT2D eigenvalue weighted by Crippen LogP contribution is -2.38. The lowest BCUT2D eigenvalue weighted by molar-refractivity contribution is -0.120. The zero-order valence-corrected chi connectivity index (χ0v) is 8.53. The molecule has 1 amide bonds. The molecule has 1 aliphatic carbocycles. The smallest absolute Gasteiger partial charge is 0.217 e. The van der Waals surface area contributed by atoms with Gasteiger partial charge in [0.1, 0.15) is 0 Å². The first kappa shape index (κ1) is 9.56. The highest BCUT2D eigenvalue weighted by Gasteiger charge is 2.45. The summed E-state index contributed by atoms with van der Waals surface area (Å²) in [4.78, 5) is 10.9. The Morgan fingerprint density at radius 3 is 2.17 bits per heavy atom. The van der Waals surface area contributed by atoms with Gasteiger partial charge in [0.25, 0.3) is 0 Å². The first-order valence-corrected chi connectivity index (χ1v) is 4.62. The van der Waals surface area contributed by atoms with Gasteiger partial charge in [-0.2, -0.15) is 0 Å². The van der Waals surface area contributed by atoms with Gasteiger partial charge in [-0.05, 0) is 24.7 Å². The van der Waals surface area contributed by atoms with Gasteiger partial charge in [-0.1, -0.05) is 20.8 Å². The van der Waals surface area contributed by atoms with Crippen molar-refractivity contribution >= 4 is 5.91 Å². The predicted molar refractivity (Wildman–Crippen MR) is 49.9 cm³/mol. The van der Waals surface area contributed by atoms with Crippen LogP contribution < -0.4 is 5.32 Å². The predicted octanol–water partition coefficient (Wildman–Crippen LogP) is 2.09. The van der Waals surface area contributed by atoms with Gasteiger partial charge in [0.05, 0.1) is 0 Å². The summed E-state index contributed by atoms with van der Waals surface area (Å²) in [6.07, 6.45) is 3.41. The van der Waals surface area contributed by atoms with Crippen molar-refractivity contribution in [2.24, 2.45) is 5.41 Å². The molecule has 1 saturated carbocycles. The fourth-order valence-corrected chi connectivity index (χ4v) is 1.89. The van der Waals surface area contributed by atoms with E-state index in [0.717, 1.165) is 19.3 Å². The van der Waals surface area contributed by atoms with Gasteiger partial charge < -0.3 is 5.32 Å². The molecule has 0 spiro atoms. The number of carbonyl (C=O) groups excluding carboxylic acids is 1. The van der Waals surface area contributed by atoms with E-state index >= 15 is 0 Å². The van der Waals surface area contributed by atoms with E-state index in [2.05, 4.69) is 26.1 Å². The maximum absolute atomic E-state index is 10.9. The monoisotopic (exact) mass is 169 g/mol. The molecule has 1 N–H and O–H groups in total. The van der Waals surface area contributed by atoms with Crippen LogP contribution in [0.25, 0.3) is 0 Å². The lowest BCUT2D eigenvalue weighted by atomic mass is 9.87. The van der Waals surface area contributed by atoms with Crippen LogP contribution in [0.5, 0.6) is 0 Å². The van der Waals surface area contributed by atoms with Gasteiger partial charge >= 0.3 is 0 Å². The van der Waals surface area contributed by atoms with E-state index in [9.17, 15) is 4.79 Å². The second-order valence-corrected chi connectivity index (χ2v) is 5.20. The molecule has 1 aliphatic rings. The van der Waals surface area contributed by atoms with Gasteiger partial charge in [0, 0.05) is 12.5 Å². The molecule has 1 fully saturated rings. The van der Waals surface area contributed by atoms with Crippen molar-refractivity contribution in [1.82, 2.24) is 5.32 Å². The van der Waals surface area contributed by atoms with E-state index in [0.29, 0.717) is 5.41 Å². The summed E-state index contributed by atoms with van der Waals surface area (Å²) in [5.41, 5.74) is 0.475. The Kier molecular flexibility index (Phi) is 2.19. The summed E-state index contributed by atoms with van der Waals surface area (Å²) in [5.74, 6) is 0.108. The van der Waals surface area contributed by atoms with E-state index in [4.69, 9.17) is 0 Å². The van der Waals surface area contributed by atoms with Crippen LogP contribution in [0.3, 0.4) is 0 Å². The minimum atomic E-state index is 0.108. The SMILES string of the molecule is CC(=O)NC1(CC(C)(C)C)CC1. The van der Waals surface area contributed by atoms with Gasteiger partial charge in [-0.25, -0.2) is 0 Å². The van der Waals surface area contributed by atoms with Crippen LogP contribution in [-0.4, -0.2) is 11.4 Å². The zero-order valence-electron chi connectivity index (χ0n) is 8.53. The molecule has 2 nitrogen and oxygen atoms in total. The summed E-state index contributed by atoms with van der Waals surface area (Å²) in [5, 5.41) is 3.05. The van der Waals surface area contributed by atoms with E-state index in [1.165, 1.54) is 0 Å². The minimum absolute atomic E-state index is 0.108. The molecule has 0 unspecified atom stereocenters. The first-order valence-electron chi connectivity index (χ1n) is 4.62. The molecule has 0 heterocycles. The molecule has 0 atom stereocenters. The highest BCUT2D eigenvalue weighted by molar-refractivity contribution is 5.74. The average molecular weight is 169 g/mol. The Balaban J connectivity index is 2.45. The topological polar surface area (TPSA) is 29.1 Å². The summed E-state index contributed by atoms with van der Waals surface area (Å²) in [6, 6.07) is 0. The Bertz CT molecular complexity index is 187. The third-order valence-corrected chi connectivity index (χ3v) is 2.16. The highest BCUT2D eigenvalue weighted by atomic mass is 16.1. The maximum Gasteiger partial charge on any atom is 0.217 e. The normalized spacial score (nSPS) is 20.3. The van der Waals surface area contributed by atoms with E-state index in [1.807, 2.05) is 0 Å². The fraction of sp³-hybridized carbons (Fsp3) is 0.900. The second kappa shape index (κ2) is 2.75. The van der Waals surface area contributed by atoms with Crippen LogP contribution in [0, 0.1) is 5.41 Å². The zero-order chi connectivity index (χ0) is 9.41. The van der Waals surface area contributed by atoms with E-state index < -0.39 is 0 Å². The van der Waals surface area contributed by atoms with Gasteiger partial charge in [-0.15, -0.1) is 0 Å².